The molecule has 1 rings (SSSR count). The largest absolute Gasteiger partial charge is 0.462 e. The lowest BCUT2D eigenvalue weighted by atomic mass is 10.1. The molecule has 0 spiro atoms. The minimum absolute atomic E-state index is 0.260. The van der Waals surface area contributed by atoms with Gasteiger partial charge in [-0.2, -0.15) is 0 Å². The first-order valence-corrected chi connectivity index (χ1v) is 6.53. The van der Waals surface area contributed by atoms with Crippen molar-refractivity contribution in [2.24, 2.45) is 0 Å². The van der Waals surface area contributed by atoms with E-state index in [1.807, 2.05) is 19.1 Å². The zero-order valence-electron chi connectivity index (χ0n) is 8.64. The van der Waals surface area contributed by atoms with Gasteiger partial charge in [-0.1, -0.05) is 31.9 Å². The van der Waals surface area contributed by atoms with Crippen LogP contribution in [0.4, 0.5) is 0 Å². The summed E-state index contributed by atoms with van der Waals surface area (Å²) in [6, 6.07) is 3.79. The Balaban J connectivity index is 3.12. The summed E-state index contributed by atoms with van der Waals surface area (Å²) < 4.78 is 5.98. The smallest absolute Gasteiger partial charge is 0.338 e. The van der Waals surface area contributed by atoms with E-state index in [0.29, 0.717) is 17.5 Å². The molecule has 15 heavy (non-hydrogen) atoms. The van der Waals surface area contributed by atoms with Crippen LogP contribution < -0.4 is 0 Å². The molecule has 2 nitrogen and oxygen atoms in total. The van der Waals surface area contributed by atoms with E-state index in [1.54, 1.807) is 6.92 Å². The third-order valence-corrected chi connectivity index (χ3v) is 3.38. The zero-order valence-corrected chi connectivity index (χ0v) is 11.8. The highest BCUT2D eigenvalue weighted by atomic mass is 79.9. The summed E-state index contributed by atoms with van der Waals surface area (Å²) in [7, 11) is 0. The van der Waals surface area contributed by atoms with Gasteiger partial charge in [-0.15, -0.1) is 0 Å². The Kier molecular flexibility index (Phi) is 4.80. The van der Waals surface area contributed by atoms with Crippen molar-refractivity contribution in [2.45, 2.75) is 19.2 Å². The van der Waals surface area contributed by atoms with E-state index in [9.17, 15) is 4.79 Å². The molecule has 0 heterocycles. The highest BCUT2D eigenvalue weighted by Crippen LogP contribution is 2.24. The van der Waals surface area contributed by atoms with Crippen molar-refractivity contribution in [2.75, 3.05) is 6.61 Å². The number of benzene rings is 1. The Morgan fingerprint density at radius 3 is 2.67 bits per heavy atom. The molecule has 0 N–H and O–H groups in total. The SMILES string of the molecule is CCOC(=O)c1cc(CBr)c(Br)cc1C. The van der Waals surface area contributed by atoms with Crippen LogP contribution in [0.5, 0.6) is 0 Å². The summed E-state index contributed by atoms with van der Waals surface area (Å²) in [6.45, 7) is 4.10. The number of carbonyl (C=O) groups excluding carboxylic acids is 1. The van der Waals surface area contributed by atoms with E-state index in [-0.39, 0.29) is 5.97 Å². The molecule has 0 fully saturated rings. The number of esters is 1. The third kappa shape index (κ3) is 3.05. The van der Waals surface area contributed by atoms with Gasteiger partial charge in [0.05, 0.1) is 12.2 Å². The van der Waals surface area contributed by atoms with Crippen molar-refractivity contribution >= 4 is 37.8 Å². The summed E-state index contributed by atoms with van der Waals surface area (Å²) in [6.07, 6.45) is 0. The predicted octanol–water partition coefficient (Wildman–Crippen LogP) is 3.83. The molecule has 0 radical (unpaired) electrons. The van der Waals surface area contributed by atoms with Crippen molar-refractivity contribution in [3.63, 3.8) is 0 Å². The van der Waals surface area contributed by atoms with Crippen LogP contribution in [0.3, 0.4) is 0 Å². The maximum absolute atomic E-state index is 11.6. The minimum Gasteiger partial charge on any atom is -0.462 e. The van der Waals surface area contributed by atoms with Crippen LogP contribution in [0.1, 0.15) is 28.4 Å². The Hall–Kier alpha value is -0.350. The number of ether oxygens (including phenoxy) is 1. The molecular weight excluding hydrogens is 324 g/mol. The van der Waals surface area contributed by atoms with Gasteiger partial charge in [-0.3, -0.25) is 0 Å². The van der Waals surface area contributed by atoms with Crippen LogP contribution in [0.25, 0.3) is 0 Å². The Bertz CT molecular complexity index is 375. The number of hydrogen-bond donors (Lipinski definition) is 0. The summed E-state index contributed by atoms with van der Waals surface area (Å²) in [5.74, 6) is -0.260. The van der Waals surface area contributed by atoms with Gasteiger partial charge >= 0.3 is 5.97 Å². The first kappa shape index (κ1) is 12.7. The lowest BCUT2D eigenvalue weighted by Gasteiger charge is -2.08. The fourth-order valence-electron chi connectivity index (χ4n) is 1.25. The second-order valence-electron chi connectivity index (χ2n) is 3.11. The van der Waals surface area contributed by atoms with E-state index >= 15 is 0 Å². The Morgan fingerprint density at radius 2 is 2.13 bits per heavy atom. The summed E-state index contributed by atoms with van der Waals surface area (Å²) in [4.78, 5) is 11.6. The summed E-state index contributed by atoms with van der Waals surface area (Å²) >= 11 is 6.82. The number of halogens is 2. The van der Waals surface area contributed by atoms with Crippen LogP contribution in [0, 0.1) is 6.92 Å². The van der Waals surface area contributed by atoms with Crippen molar-refractivity contribution in [1.82, 2.24) is 0 Å². The monoisotopic (exact) mass is 334 g/mol. The first-order chi connectivity index (χ1) is 7.10. The van der Waals surface area contributed by atoms with E-state index in [1.165, 1.54) is 0 Å². The van der Waals surface area contributed by atoms with Crippen LogP contribution in [-0.2, 0) is 10.1 Å². The molecule has 0 aliphatic rings. The zero-order chi connectivity index (χ0) is 11.4. The first-order valence-electron chi connectivity index (χ1n) is 4.62. The van der Waals surface area contributed by atoms with Gasteiger partial charge in [-0.25, -0.2) is 4.79 Å². The fraction of sp³-hybridized carbons (Fsp3) is 0.364. The molecule has 1 aromatic rings. The van der Waals surface area contributed by atoms with Gasteiger partial charge in [0.25, 0.3) is 0 Å². The van der Waals surface area contributed by atoms with E-state index in [0.717, 1.165) is 15.6 Å². The highest BCUT2D eigenvalue weighted by Gasteiger charge is 2.12. The van der Waals surface area contributed by atoms with Gasteiger partial charge in [0, 0.05) is 9.80 Å². The lowest BCUT2D eigenvalue weighted by molar-refractivity contribution is 0.0525. The van der Waals surface area contributed by atoms with E-state index < -0.39 is 0 Å². The van der Waals surface area contributed by atoms with Gasteiger partial charge in [0.2, 0.25) is 0 Å². The maximum atomic E-state index is 11.6. The number of aryl methyl sites for hydroxylation is 1. The Morgan fingerprint density at radius 1 is 1.47 bits per heavy atom. The second kappa shape index (κ2) is 5.66. The van der Waals surface area contributed by atoms with Crippen molar-refractivity contribution in [3.8, 4) is 0 Å². The minimum atomic E-state index is -0.260. The van der Waals surface area contributed by atoms with Gasteiger partial charge in [0.1, 0.15) is 0 Å². The molecule has 1 aromatic carbocycles. The molecule has 4 heteroatoms. The standard InChI is InChI=1S/C11H12Br2O2/c1-3-15-11(14)9-5-8(6-12)10(13)4-7(9)2/h4-5H,3,6H2,1-2H3. The van der Waals surface area contributed by atoms with Crippen molar-refractivity contribution in [3.05, 3.63) is 33.3 Å². The average molecular weight is 336 g/mol. The number of carbonyl (C=O) groups is 1. The normalized spacial score (nSPS) is 10.1. The van der Waals surface area contributed by atoms with Crippen LogP contribution >= 0.6 is 31.9 Å². The van der Waals surface area contributed by atoms with Crippen LogP contribution in [-0.4, -0.2) is 12.6 Å². The van der Waals surface area contributed by atoms with Crippen molar-refractivity contribution in [1.29, 1.82) is 0 Å². The molecule has 0 aliphatic carbocycles. The molecule has 0 atom stereocenters. The van der Waals surface area contributed by atoms with Crippen molar-refractivity contribution < 1.29 is 9.53 Å². The summed E-state index contributed by atoms with van der Waals surface area (Å²) in [5.41, 5.74) is 2.60. The van der Waals surface area contributed by atoms with Gasteiger partial charge < -0.3 is 4.74 Å². The second-order valence-corrected chi connectivity index (χ2v) is 4.53. The number of rotatable bonds is 3. The van der Waals surface area contributed by atoms with Crippen LogP contribution in [0.15, 0.2) is 16.6 Å². The lowest BCUT2D eigenvalue weighted by Crippen LogP contribution is -2.07. The van der Waals surface area contributed by atoms with E-state index in [2.05, 4.69) is 31.9 Å². The van der Waals surface area contributed by atoms with Gasteiger partial charge in [-0.05, 0) is 37.1 Å². The van der Waals surface area contributed by atoms with E-state index in [4.69, 9.17) is 4.74 Å². The molecule has 0 amide bonds. The highest BCUT2D eigenvalue weighted by molar-refractivity contribution is 9.10. The maximum Gasteiger partial charge on any atom is 0.338 e. The molecule has 0 bridgehead atoms. The molecule has 0 aliphatic heterocycles. The molecule has 0 unspecified atom stereocenters. The summed E-state index contributed by atoms with van der Waals surface area (Å²) in [5, 5.41) is 0.709. The molecular formula is C11H12Br2O2. The molecule has 0 aromatic heterocycles. The fourth-order valence-corrected chi connectivity index (χ4v) is 2.69. The predicted molar refractivity (Wildman–Crippen MR) is 67.5 cm³/mol. The van der Waals surface area contributed by atoms with Crippen LogP contribution in [0.2, 0.25) is 0 Å². The quantitative estimate of drug-likeness (QED) is 0.620. The molecule has 0 saturated heterocycles. The number of alkyl halides is 1. The molecule has 82 valence electrons. The van der Waals surface area contributed by atoms with Gasteiger partial charge in [0.15, 0.2) is 0 Å². The topological polar surface area (TPSA) is 26.3 Å². The average Bonchev–Trinajstić information content (AvgIpc) is 2.18. The third-order valence-electron chi connectivity index (χ3n) is 2.03. The number of hydrogen-bond acceptors (Lipinski definition) is 2. The molecule has 0 saturated carbocycles. The Labute approximate surface area is 106 Å².